The molecule has 2 nitrogen and oxygen atoms in total. The van der Waals surface area contributed by atoms with Crippen molar-refractivity contribution in [1.29, 1.82) is 0 Å². The Morgan fingerprint density at radius 1 is 1.20 bits per heavy atom. The van der Waals surface area contributed by atoms with Gasteiger partial charge in [-0.25, -0.2) is 8.78 Å². The number of benzene rings is 2. The predicted molar refractivity (Wildman–Crippen MR) is 75.7 cm³/mol. The number of ether oxygens (including phenoxy) is 1. The lowest BCUT2D eigenvalue weighted by molar-refractivity contribution is 0.173. The number of rotatable bonds is 4. The van der Waals surface area contributed by atoms with Gasteiger partial charge in [0.25, 0.3) is 0 Å². The molecule has 2 aromatic rings. The van der Waals surface area contributed by atoms with Gasteiger partial charge in [0, 0.05) is 12.0 Å². The van der Waals surface area contributed by atoms with Crippen molar-refractivity contribution in [3.63, 3.8) is 0 Å². The van der Waals surface area contributed by atoms with Gasteiger partial charge in [-0.1, -0.05) is 6.07 Å². The first-order valence-electron chi connectivity index (χ1n) is 5.96. The van der Waals surface area contributed by atoms with E-state index in [0.717, 1.165) is 28.2 Å². The van der Waals surface area contributed by atoms with Gasteiger partial charge in [0.15, 0.2) is 0 Å². The van der Waals surface area contributed by atoms with Crippen molar-refractivity contribution in [2.75, 3.05) is 7.11 Å². The normalized spacial score (nSPS) is 12.2. The van der Waals surface area contributed by atoms with Crippen LogP contribution < -0.4 is 4.74 Å². The summed E-state index contributed by atoms with van der Waals surface area (Å²) < 4.78 is 32.5. The molecule has 1 N–H and O–H groups in total. The Labute approximate surface area is 124 Å². The van der Waals surface area contributed by atoms with E-state index in [0.29, 0.717) is 5.75 Å². The zero-order valence-corrected chi connectivity index (χ0v) is 12.3. The van der Waals surface area contributed by atoms with E-state index in [4.69, 9.17) is 4.74 Å². The molecule has 0 saturated carbocycles. The summed E-state index contributed by atoms with van der Waals surface area (Å²) in [6.07, 6.45) is -0.922. The van der Waals surface area contributed by atoms with Crippen LogP contribution >= 0.6 is 15.9 Å². The Kier molecular flexibility index (Phi) is 4.73. The van der Waals surface area contributed by atoms with Gasteiger partial charge in [-0.05, 0) is 51.8 Å². The van der Waals surface area contributed by atoms with Crippen LogP contribution in [0.1, 0.15) is 17.2 Å². The largest absolute Gasteiger partial charge is 0.496 e. The van der Waals surface area contributed by atoms with E-state index in [1.807, 2.05) is 0 Å². The molecule has 2 rings (SSSR count). The van der Waals surface area contributed by atoms with Crippen LogP contribution in [-0.4, -0.2) is 12.2 Å². The van der Waals surface area contributed by atoms with Crippen molar-refractivity contribution in [1.82, 2.24) is 0 Å². The summed E-state index contributed by atoms with van der Waals surface area (Å²) in [6.45, 7) is 0. The number of aliphatic hydroxyl groups excluding tert-OH is 1. The zero-order valence-electron chi connectivity index (χ0n) is 10.7. The predicted octanol–water partition coefficient (Wildman–Crippen LogP) is 4.01. The second-order valence-electron chi connectivity index (χ2n) is 4.35. The molecule has 0 radical (unpaired) electrons. The van der Waals surface area contributed by atoms with E-state index in [2.05, 4.69) is 15.9 Å². The van der Waals surface area contributed by atoms with Gasteiger partial charge in [-0.3, -0.25) is 0 Å². The van der Waals surface area contributed by atoms with Crippen molar-refractivity contribution in [2.24, 2.45) is 0 Å². The van der Waals surface area contributed by atoms with Crippen LogP contribution in [0.4, 0.5) is 8.78 Å². The third kappa shape index (κ3) is 3.35. The molecule has 0 saturated heterocycles. The maximum Gasteiger partial charge on any atom is 0.133 e. The van der Waals surface area contributed by atoms with Crippen molar-refractivity contribution >= 4 is 15.9 Å². The smallest absolute Gasteiger partial charge is 0.133 e. The topological polar surface area (TPSA) is 29.5 Å². The second kappa shape index (κ2) is 6.33. The maximum atomic E-state index is 13.6. The fourth-order valence-electron chi connectivity index (χ4n) is 1.94. The van der Waals surface area contributed by atoms with Crippen LogP contribution in [0, 0.1) is 11.6 Å². The van der Waals surface area contributed by atoms with Crippen LogP contribution in [0.2, 0.25) is 0 Å². The minimum absolute atomic E-state index is 0.0445. The van der Waals surface area contributed by atoms with Crippen molar-refractivity contribution in [3.05, 3.63) is 63.6 Å². The number of methoxy groups -OCH3 is 1. The van der Waals surface area contributed by atoms with Crippen LogP contribution in [0.25, 0.3) is 0 Å². The van der Waals surface area contributed by atoms with Crippen molar-refractivity contribution in [3.8, 4) is 5.75 Å². The fraction of sp³-hybridized carbons (Fsp3) is 0.200. The summed E-state index contributed by atoms with van der Waals surface area (Å²) in [4.78, 5) is 0. The van der Waals surface area contributed by atoms with E-state index in [1.165, 1.54) is 0 Å². The average molecular weight is 343 g/mol. The molecule has 5 heteroatoms. The quantitative estimate of drug-likeness (QED) is 0.909. The minimum atomic E-state index is -1.11. The molecule has 0 heterocycles. The molecule has 0 spiro atoms. The van der Waals surface area contributed by atoms with E-state index in [-0.39, 0.29) is 12.0 Å². The summed E-state index contributed by atoms with van der Waals surface area (Å²) in [5, 5.41) is 10.0. The average Bonchev–Trinajstić information content (AvgIpc) is 2.41. The highest BCUT2D eigenvalue weighted by Crippen LogP contribution is 2.28. The van der Waals surface area contributed by atoms with E-state index < -0.39 is 17.7 Å². The lowest BCUT2D eigenvalue weighted by Gasteiger charge is -2.13. The first-order chi connectivity index (χ1) is 9.51. The molecule has 106 valence electrons. The van der Waals surface area contributed by atoms with Gasteiger partial charge in [-0.2, -0.15) is 0 Å². The van der Waals surface area contributed by atoms with Crippen LogP contribution in [0.15, 0.2) is 40.9 Å². The first kappa shape index (κ1) is 14.9. The summed E-state index contributed by atoms with van der Waals surface area (Å²) in [7, 11) is 1.55. The SMILES string of the molecule is COc1ccc(CC(O)c2cc(F)ccc2F)cc1Br. The van der Waals surface area contributed by atoms with Gasteiger partial charge in [0.1, 0.15) is 17.4 Å². The van der Waals surface area contributed by atoms with Crippen LogP contribution in [0.3, 0.4) is 0 Å². The second-order valence-corrected chi connectivity index (χ2v) is 5.21. The Morgan fingerprint density at radius 3 is 2.60 bits per heavy atom. The molecule has 1 atom stereocenters. The highest BCUT2D eigenvalue weighted by Gasteiger charge is 2.15. The molecule has 0 fully saturated rings. The van der Waals surface area contributed by atoms with Crippen LogP contribution in [-0.2, 0) is 6.42 Å². The zero-order chi connectivity index (χ0) is 14.7. The molecule has 0 bridgehead atoms. The van der Waals surface area contributed by atoms with Crippen molar-refractivity contribution in [2.45, 2.75) is 12.5 Å². The van der Waals surface area contributed by atoms with Gasteiger partial charge < -0.3 is 9.84 Å². The highest BCUT2D eigenvalue weighted by atomic mass is 79.9. The van der Waals surface area contributed by atoms with Gasteiger partial charge in [-0.15, -0.1) is 0 Å². The van der Waals surface area contributed by atoms with E-state index in [9.17, 15) is 13.9 Å². The standard InChI is InChI=1S/C15H13BrF2O2/c1-20-15-5-2-9(6-12(15)16)7-14(19)11-8-10(17)3-4-13(11)18/h2-6,8,14,19H,7H2,1H3. The molecule has 0 amide bonds. The van der Waals surface area contributed by atoms with Gasteiger partial charge in [0.2, 0.25) is 0 Å². The molecule has 0 aliphatic rings. The molecular formula is C15H13BrF2O2. The lowest BCUT2D eigenvalue weighted by Crippen LogP contribution is -2.05. The molecule has 0 aliphatic heterocycles. The Balaban J connectivity index is 2.21. The molecule has 2 aromatic carbocycles. The van der Waals surface area contributed by atoms with Crippen molar-refractivity contribution < 1.29 is 18.6 Å². The van der Waals surface area contributed by atoms with Gasteiger partial charge in [0.05, 0.1) is 17.7 Å². The fourth-order valence-corrected chi connectivity index (χ4v) is 2.53. The molecule has 0 aliphatic carbocycles. The first-order valence-corrected chi connectivity index (χ1v) is 6.76. The maximum absolute atomic E-state index is 13.6. The summed E-state index contributed by atoms with van der Waals surface area (Å²) in [5.74, 6) is -0.525. The monoisotopic (exact) mass is 342 g/mol. The summed E-state index contributed by atoms with van der Waals surface area (Å²) in [6, 6.07) is 8.34. The number of aliphatic hydroxyl groups is 1. The summed E-state index contributed by atoms with van der Waals surface area (Å²) >= 11 is 3.34. The minimum Gasteiger partial charge on any atom is -0.496 e. The van der Waals surface area contributed by atoms with E-state index in [1.54, 1.807) is 25.3 Å². The third-order valence-electron chi connectivity index (χ3n) is 2.96. The number of hydrogen-bond donors (Lipinski definition) is 1. The third-order valence-corrected chi connectivity index (χ3v) is 3.58. The number of hydrogen-bond acceptors (Lipinski definition) is 2. The lowest BCUT2D eigenvalue weighted by atomic mass is 10.0. The van der Waals surface area contributed by atoms with Crippen LogP contribution in [0.5, 0.6) is 5.75 Å². The van der Waals surface area contributed by atoms with Gasteiger partial charge >= 0.3 is 0 Å². The highest BCUT2D eigenvalue weighted by molar-refractivity contribution is 9.10. The Morgan fingerprint density at radius 2 is 1.95 bits per heavy atom. The summed E-state index contributed by atoms with van der Waals surface area (Å²) in [5.41, 5.74) is 0.741. The molecular weight excluding hydrogens is 330 g/mol. The van der Waals surface area contributed by atoms with E-state index >= 15 is 0 Å². The molecule has 1 unspecified atom stereocenters. The Hall–Kier alpha value is -1.46. The molecule has 0 aromatic heterocycles. The Bertz CT molecular complexity index is 617. The molecule has 20 heavy (non-hydrogen) atoms. The number of halogens is 3.